The standard InChI is InChI=1S/C17H35N3O2/c1-15-4-6-18(7-5-15)13-17(21)14-19-8-9-20(10-11-22-3)16(2)12-19/h15-17,21H,4-14H2,1-3H3/t16-,17-/m0/s1. The van der Waals surface area contributed by atoms with Crippen molar-refractivity contribution in [3.63, 3.8) is 0 Å². The van der Waals surface area contributed by atoms with Gasteiger partial charge in [-0.1, -0.05) is 6.92 Å². The van der Waals surface area contributed by atoms with Crippen molar-refractivity contribution < 1.29 is 9.84 Å². The third-order valence-electron chi connectivity index (χ3n) is 5.25. The molecule has 2 rings (SSSR count). The Morgan fingerprint density at radius 1 is 1.05 bits per heavy atom. The van der Waals surface area contributed by atoms with Gasteiger partial charge in [-0.25, -0.2) is 0 Å². The van der Waals surface area contributed by atoms with Gasteiger partial charge in [0.15, 0.2) is 0 Å². The number of β-amino-alcohol motifs (C(OH)–C–C–N with tert-alkyl or cyclic N) is 1. The smallest absolute Gasteiger partial charge is 0.0793 e. The molecular formula is C17H35N3O2. The van der Waals surface area contributed by atoms with Gasteiger partial charge in [-0.15, -0.1) is 0 Å². The Kier molecular flexibility index (Phi) is 7.57. The molecule has 0 amide bonds. The minimum Gasteiger partial charge on any atom is -0.390 e. The molecule has 5 heteroatoms. The van der Waals surface area contributed by atoms with Gasteiger partial charge < -0.3 is 14.7 Å². The highest BCUT2D eigenvalue weighted by Crippen LogP contribution is 2.16. The van der Waals surface area contributed by atoms with Gasteiger partial charge in [0.25, 0.3) is 0 Å². The van der Waals surface area contributed by atoms with Gasteiger partial charge >= 0.3 is 0 Å². The third-order valence-corrected chi connectivity index (χ3v) is 5.25. The van der Waals surface area contributed by atoms with Gasteiger partial charge in [-0.3, -0.25) is 9.80 Å². The maximum Gasteiger partial charge on any atom is 0.0793 e. The summed E-state index contributed by atoms with van der Waals surface area (Å²) < 4.78 is 5.18. The van der Waals surface area contributed by atoms with E-state index in [-0.39, 0.29) is 6.10 Å². The first-order valence-corrected chi connectivity index (χ1v) is 8.94. The van der Waals surface area contributed by atoms with E-state index in [1.54, 1.807) is 7.11 Å². The molecular weight excluding hydrogens is 278 g/mol. The molecule has 0 bridgehead atoms. The Bertz CT molecular complexity index is 308. The number of piperazine rings is 1. The van der Waals surface area contributed by atoms with Crippen molar-refractivity contribution >= 4 is 0 Å². The number of methoxy groups -OCH3 is 1. The Labute approximate surface area is 136 Å². The van der Waals surface area contributed by atoms with Gasteiger partial charge in [-0.05, 0) is 38.8 Å². The molecule has 2 fully saturated rings. The Hall–Kier alpha value is -0.200. The molecule has 1 N–H and O–H groups in total. The Morgan fingerprint density at radius 2 is 1.73 bits per heavy atom. The highest BCUT2D eigenvalue weighted by molar-refractivity contribution is 4.81. The van der Waals surface area contributed by atoms with Crippen LogP contribution in [-0.2, 0) is 4.74 Å². The average molecular weight is 313 g/mol. The normalized spacial score (nSPS) is 28.1. The number of hydrogen-bond acceptors (Lipinski definition) is 5. The first kappa shape index (κ1) is 18.1. The van der Waals surface area contributed by atoms with Crippen molar-refractivity contribution in [2.24, 2.45) is 5.92 Å². The molecule has 0 aromatic rings. The monoisotopic (exact) mass is 313 g/mol. The van der Waals surface area contributed by atoms with E-state index in [1.807, 2.05) is 0 Å². The van der Waals surface area contributed by atoms with Crippen molar-refractivity contribution in [1.82, 2.24) is 14.7 Å². The largest absolute Gasteiger partial charge is 0.390 e. The number of hydrogen-bond donors (Lipinski definition) is 1. The van der Waals surface area contributed by atoms with Crippen LogP contribution in [0.2, 0.25) is 0 Å². The molecule has 0 spiro atoms. The summed E-state index contributed by atoms with van der Waals surface area (Å²) in [5.74, 6) is 0.856. The van der Waals surface area contributed by atoms with Crippen molar-refractivity contribution in [2.75, 3.05) is 66.1 Å². The van der Waals surface area contributed by atoms with E-state index < -0.39 is 0 Å². The van der Waals surface area contributed by atoms with Crippen LogP contribution < -0.4 is 0 Å². The second-order valence-corrected chi connectivity index (χ2v) is 7.27. The molecule has 0 saturated carbocycles. The highest BCUT2D eigenvalue weighted by atomic mass is 16.5. The quantitative estimate of drug-likeness (QED) is 0.750. The van der Waals surface area contributed by atoms with Gasteiger partial charge in [-0.2, -0.15) is 0 Å². The number of aliphatic hydroxyl groups is 1. The number of ether oxygens (including phenoxy) is 1. The molecule has 0 radical (unpaired) electrons. The minimum absolute atomic E-state index is 0.217. The molecule has 2 saturated heterocycles. The highest BCUT2D eigenvalue weighted by Gasteiger charge is 2.25. The van der Waals surface area contributed by atoms with Crippen molar-refractivity contribution in [1.29, 1.82) is 0 Å². The zero-order valence-electron chi connectivity index (χ0n) is 14.7. The van der Waals surface area contributed by atoms with E-state index in [9.17, 15) is 5.11 Å². The topological polar surface area (TPSA) is 39.2 Å². The van der Waals surface area contributed by atoms with E-state index in [4.69, 9.17) is 4.74 Å². The van der Waals surface area contributed by atoms with E-state index in [0.29, 0.717) is 6.04 Å². The summed E-state index contributed by atoms with van der Waals surface area (Å²) in [5, 5.41) is 10.4. The van der Waals surface area contributed by atoms with Crippen LogP contribution in [0.5, 0.6) is 0 Å². The molecule has 0 unspecified atom stereocenters. The predicted octanol–water partition coefficient (Wildman–Crippen LogP) is 0.732. The lowest BCUT2D eigenvalue weighted by Gasteiger charge is -2.41. The van der Waals surface area contributed by atoms with Crippen LogP contribution in [0, 0.1) is 5.92 Å². The summed E-state index contributed by atoms with van der Waals surface area (Å²) in [6, 6.07) is 0.548. The number of aliphatic hydroxyl groups excluding tert-OH is 1. The van der Waals surface area contributed by atoms with Gasteiger partial charge in [0.05, 0.1) is 12.7 Å². The van der Waals surface area contributed by atoms with E-state index >= 15 is 0 Å². The van der Waals surface area contributed by atoms with Gasteiger partial charge in [0.1, 0.15) is 0 Å². The Balaban J connectivity index is 1.66. The fourth-order valence-electron chi connectivity index (χ4n) is 3.68. The van der Waals surface area contributed by atoms with Crippen LogP contribution in [-0.4, -0.2) is 98.0 Å². The average Bonchev–Trinajstić information content (AvgIpc) is 2.49. The fourth-order valence-corrected chi connectivity index (χ4v) is 3.68. The van der Waals surface area contributed by atoms with E-state index in [1.165, 1.54) is 12.8 Å². The second kappa shape index (κ2) is 9.18. The first-order chi connectivity index (χ1) is 10.6. The lowest BCUT2D eigenvalue weighted by Crippen LogP contribution is -2.54. The number of rotatable bonds is 7. The number of piperidine rings is 1. The minimum atomic E-state index is -0.217. The summed E-state index contributed by atoms with van der Waals surface area (Å²) in [6.45, 7) is 13.6. The van der Waals surface area contributed by atoms with Crippen LogP contribution in [0.25, 0.3) is 0 Å². The fraction of sp³-hybridized carbons (Fsp3) is 1.00. The molecule has 2 aliphatic heterocycles. The molecule has 0 aliphatic carbocycles. The van der Waals surface area contributed by atoms with Gasteiger partial charge in [0, 0.05) is 52.4 Å². The maximum atomic E-state index is 10.4. The molecule has 22 heavy (non-hydrogen) atoms. The summed E-state index contributed by atoms with van der Waals surface area (Å²) in [7, 11) is 1.76. The van der Waals surface area contributed by atoms with Crippen LogP contribution in [0.4, 0.5) is 0 Å². The second-order valence-electron chi connectivity index (χ2n) is 7.27. The molecule has 2 heterocycles. The Morgan fingerprint density at radius 3 is 2.36 bits per heavy atom. The van der Waals surface area contributed by atoms with Crippen LogP contribution in [0.1, 0.15) is 26.7 Å². The molecule has 5 nitrogen and oxygen atoms in total. The maximum absolute atomic E-state index is 10.4. The van der Waals surface area contributed by atoms with E-state index in [0.717, 1.165) is 64.9 Å². The summed E-state index contributed by atoms with van der Waals surface area (Å²) >= 11 is 0. The molecule has 0 aromatic heterocycles. The van der Waals surface area contributed by atoms with Crippen LogP contribution in [0.3, 0.4) is 0 Å². The number of likely N-dealkylation sites (tertiary alicyclic amines) is 1. The van der Waals surface area contributed by atoms with Crippen LogP contribution in [0.15, 0.2) is 0 Å². The first-order valence-electron chi connectivity index (χ1n) is 8.94. The van der Waals surface area contributed by atoms with Crippen molar-refractivity contribution in [2.45, 2.75) is 38.8 Å². The van der Waals surface area contributed by atoms with Crippen molar-refractivity contribution in [3.8, 4) is 0 Å². The van der Waals surface area contributed by atoms with Crippen LogP contribution >= 0.6 is 0 Å². The van der Waals surface area contributed by atoms with E-state index in [2.05, 4.69) is 28.5 Å². The third kappa shape index (κ3) is 5.78. The molecule has 0 aromatic carbocycles. The molecule has 2 atom stereocenters. The summed E-state index contributed by atoms with van der Waals surface area (Å²) in [6.07, 6.45) is 2.34. The van der Waals surface area contributed by atoms with Gasteiger partial charge in [0.2, 0.25) is 0 Å². The lowest BCUT2D eigenvalue weighted by molar-refractivity contribution is 0.0194. The zero-order valence-corrected chi connectivity index (χ0v) is 14.7. The lowest BCUT2D eigenvalue weighted by atomic mass is 9.99. The SMILES string of the molecule is COCCN1CCN(C[C@@H](O)CN2CCC(C)CC2)C[C@@H]1C. The number of nitrogens with zero attached hydrogens (tertiary/aromatic N) is 3. The summed E-state index contributed by atoms with van der Waals surface area (Å²) in [5.41, 5.74) is 0. The van der Waals surface area contributed by atoms with Crippen molar-refractivity contribution in [3.05, 3.63) is 0 Å². The molecule has 2 aliphatic rings. The zero-order chi connectivity index (χ0) is 15.9. The molecule has 130 valence electrons. The summed E-state index contributed by atoms with van der Waals surface area (Å²) in [4.78, 5) is 7.34. The predicted molar refractivity (Wildman–Crippen MR) is 90.2 cm³/mol.